The van der Waals surface area contributed by atoms with Crippen LogP contribution in [0.1, 0.15) is 44.6 Å². The number of likely N-dealkylation sites (tertiary alicyclic amines) is 1. The summed E-state index contributed by atoms with van der Waals surface area (Å²) in [5.74, 6) is -3.34. The first-order valence-corrected chi connectivity index (χ1v) is 9.54. The Morgan fingerprint density at radius 1 is 1.36 bits per heavy atom. The van der Waals surface area contributed by atoms with Crippen molar-refractivity contribution in [3.63, 3.8) is 0 Å². The minimum absolute atomic E-state index is 0.172. The van der Waals surface area contributed by atoms with Gasteiger partial charge in [-0.05, 0) is 37.0 Å². The Balaban J connectivity index is 2.05. The highest BCUT2D eigenvalue weighted by Gasteiger charge is 2.41. The molecule has 1 fully saturated rings. The quantitative estimate of drug-likeness (QED) is 0.432. The van der Waals surface area contributed by atoms with E-state index in [1.54, 1.807) is 24.5 Å². The van der Waals surface area contributed by atoms with Crippen LogP contribution in [0.3, 0.4) is 0 Å². The highest BCUT2D eigenvalue weighted by molar-refractivity contribution is 5.92. The number of aromatic nitrogens is 1. The summed E-state index contributed by atoms with van der Waals surface area (Å²) in [4.78, 5) is 42.3. The number of hydroxylamine groups is 1. The summed E-state index contributed by atoms with van der Waals surface area (Å²) in [7, 11) is 0. The molecule has 3 amide bonds. The van der Waals surface area contributed by atoms with Crippen LogP contribution in [0, 0.1) is 5.92 Å². The number of nitrogens with zero attached hydrogens (tertiary/aromatic N) is 2. The molecular weight excluding hydrogens is 367 g/mol. The van der Waals surface area contributed by atoms with E-state index in [2.05, 4.69) is 10.3 Å². The van der Waals surface area contributed by atoms with Gasteiger partial charge >= 0.3 is 0 Å². The Morgan fingerprint density at radius 2 is 2.07 bits per heavy atom. The first-order valence-electron chi connectivity index (χ1n) is 9.54. The average molecular weight is 394 g/mol. The minimum Gasteiger partial charge on any atom is -0.350 e. The molecule has 0 bridgehead atoms. The lowest BCUT2D eigenvalue weighted by molar-refractivity contribution is -0.149. The Kier molecular flexibility index (Phi) is 8.31. The standard InChI is InChI=1S/C19H27FN4O4/c1-2-3-5-14(16(20)18(26)23-28)19(27)24-11-4-6-15(24)17(25)22-12-13-7-9-21-10-8-13/h7-10,14-16,28H,2-6,11-12H2,1H3,(H,22,25)(H,23,26). The number of halogens is 1. The summed E-state index contributed by atoms with van der Waals surface area (Å²) in [6, 6.07) is 2.86. The molecule has 1 aromatic rings. The fraction of sp³-hybridized carbons (Fsp3) is 0.579. The molecule has 3 atom stereocenters. The van der Waals surface area contributed by atoms with Crippen LogP contribution >= 0.6 is 0 Å². The summed E-state index contributed by atoms with van der Waals surface area (Å²) in [5, 5.41) is 11.5. The smallest absolute Gasteiger partial charge is 0.278 e. The summed E-state index contributed by atoms with van der Waals surface area (Å²) >= 11 is 0. The predicted molar refractivity (Wildman–Crippen MR) is 98.7 cm³/mol. The molecule has 28 heavy (non-hydrogen) atoms. The van der Waals surface area contributed by atoms with E-state index in [1.165, 1.54) is 10.4 Å². The number of alkyl halides is 1. The second-order valence-corrected chi connectivity index (χ2v) is 6.89. The first kappa shape index (κ1) is 21.7. The molecule has 1 saturated heterocycles. The average Bonchev–Trinajstić information content (AvgIpc) is 3.22. The Hall–Kier alpha value is -2.55. The zero-order valence-electron chi connectivity index (χ0n) is 15.9. The molecule has 0 spiro atoms. The van der Waals surface area contributed by atoms with Gasteiger partial charge in [-0.15, -0.1) is 0 Å². The summed E-state index contributed by atoms with van der Waals surface area (Å²) in [5.41, 5.74) is 2.15. The van der Waals surface area contributed by atoms with Crippen LogP contribution in [0.15, 0.2) is 24.5 Å². The molecule has 1 aliphatic rings. The third kappa shape index (κ3) is 5.48. The van der Waals surface area contributed by atoms with Crippen LogP contribution in [0.2, 0.25) is 0 Å². The highest BCUT2D eigenvalue weighted by atomic mass is 19.1. The van der Waals surface area contributed by atoms with Crippen molar-refractivity contribution >= 4 is 17.7 Å². The molecule has 1 aliphatic heterocycles. The fourth-order valence-corrected chi connectivity index (χ4v) is 3.39. The van der Waals surface area contributed by atoms with Crippen LogP contribution in [0.5, 0.6) is 0 Å². The number of pyridine rings is 1. The molecule has 9 heteroatoms. The Labute approximate surface area is 163 Å². The van der Waals surface area contributed by atoms with Crippen molar-refractivity contribution < 1.29 is 24.0 Å². The maximum atomic E-state index is 14.5. The number of nitrogens with one attached hydrogen (secondary N) is 2. The van der Waals surface area contributed by atoms with E-state index in [9.17, 15) is 18.8 Å². The van der Waals surface area contributed by atoms with Crippen molar-refractivity contribution in [2.75, 3.05) is 6.54 Å². The van der Waals surface area contributed by atoms with Crippen molar-refractivity contribution in [2.24, 2.45) is 5.92 Å². The van der Waals surface area contributed by atoms with Crippen molar-refractivity contribution in [2.45, 2.75) is 57.8 Å². The number of rotatable bonds is 9. The van der Waals surface area contributed by atoms with E-state index in [1.807, 2.05) is 6.92 Å². The molecule has 3 unspecified atom stereocenters. The monoisotopic (exact) mass is 394 g/mol. The number of hydrogen-bond donors (Lipinski definition) is 3. The summed E-state index contributed by atoms with van der Waals surface area (Å²) in [6.07, 6.45) is 3.66. The summed E-state index contributed by atoms with van der Waals surface area (Å²) in [6.45, 7) is 2.53. The van der Waals surface area contributed by atoms with Gasteiger partial charge in [0.15, 0.2) is 6.17 Å². The minimum atomic E-state index is -2.16. The van der Waals surface area contributed by atoms with Gasteiger partial charge < -0.3 is 10.2 Å². The maximum Gasteiger partial charge on any atom is 0.278 e. The number of carbonyl (C=O) groups is 3. The van der Waals surface area contributed by atoms with E-state index in [4.69, 9.17) is 5.21 Å². The fourth-order valence-electron chi connectivity index (χ4n) is 3.39. The Morgan fingerprint density at radius 3 is 2.71 bits per heavy atom. The molecule has 154 valence electrons. The number of carbonyl (C=O) groups excluding carboxylic acids is 3. The second kappa shape index (κ2) is 10.7. The van der Waals surface area contributed by atoms with Gasteiger partial charge in [0.25, 0.3) is 5.91 Å². The van der Waals surface area contributed by atoms with Gasteiger partial charge in [0, 0.05) is 25.5 Å². The van der Waals surface area contributed by atoms with Gasteiger partial charge in [-0.25, -0.2) is 9.87 Å². The van der Waals surface area contributed by atoms with Crippen LogP contribution in [-0.2, 0) is 20.9 Å². The third-order valence-electron chi connectivity index (χ3n) is 4.95. The SMILES string of the molecule is CCCCC(C(=O)N1CCCC1C(=O)NCc1ccncc1)C(F)C(=O)NO. The number of amides is 3. The third-order valence-corrected chi connectivity index (χ3v) is 4.95. The molecule has 3 N–H and O–H groups in total. The second-order valence-electron chi connectivity index (χ2n) is 6.89. The molecule has 0 aromatic carbocycles. The molecule has 0 saturated carbocycles. The molecule has 2 rings (SSSR count). The predicted octanol–water partition coefficient (Wildman–Crippen LogP) is 1.34. The van der Waals surface area contributed by atoms with E-state index in [0.29, 0.717) is 32.4 Å². The van der Waals surface area contributed by atoms with E-state index < -0.39 is 29.9 Å². The molecule has 0 radical (unpaired) electrons. The van der Waals surface area contributed by atoms with Gasteiger partial charge in [0.1, 0.15) is 6.04 Å². The van der Waals surface area contributed by atoms with Crippen LogP contribution in [0.25, 0.3) is 0 Å². The van der Waals surface area contributed by atoms with Gasteiger partial charge in [0.05, 0.1) is 5.92 Å². The molecule has 8 nitrogen and oxygen atoms in total. The van der Waals surface area contributed by atoms with Gasteiger partial charge in [-0.3, -0.25) is 24.6 Å². The maximum absolute atomic E-state index is 14.5. The van der Waals surface area contributed by atoms with E-state index >= 15 is 0 Å². The van der Waals surface area contributed by atoms with Crippen LogP contribution < -0.4 is 10.8 Å². The molecular formula is C19H27FN4O4. The van der Waals surface area contributed by atoms with Crippen molar-refractivity contribution in [1.82, 2.24) is 20.7 Å². The van der Waals surface area contributed by atoms with Gasteiger partial charge in [-0.1, -0.05) is 19.8 Å². The highest BCUT2D eigenvalue weighted by Crippen LogP contribution is 2.25. The lowest BCUT2D eigenvalue weighted by Gasteiger charge is -2.29. The molecule has 0 aliphatic carbocycles. The largest absolute Gasteiger partial charge is 0.350 e. The lowest BCUT2D eigenvalue weighted by Crippen LogP contribution is -2.50. The van der Waals surface area contributed by atoms with Crippen molar-refractivity contribution in [3.8, 4) is 0 Å². The molecule has 2 heterocycles. The van der Waals surface area contributed by atoms with Crippen LogP contribution in [-0.4, -0.2) is 51.6 Å². The number of unbranched alkanes of at least 4 members (excludes halogenated alkanes) is 1. The topological polar surface area (TPSA) is 112 Å². The Bertz CT molecular complexity index is 673. The summed E-state index contributed by atoms with van der Waals surface area (Å²) < 4.78 is 14.5. The number of hydrogen-bond acceptors (Lipinski definition) is 5. The van der Waals surface area contributed by atoms with E-state index in [-0.39, 0.29) is 12.3 Å². The zero-order chi connectivity index (χ0) is 20.5. The van der Waals surface area contributed by atoms with E-state index in [0.717, 1.165) is 12.0 Å². The van der Waals surface area contributed by atoms with Crippen LogP contribution in [0.4, 0.5) is 4.39 Å². The van der Waals surface area contributed by atoms with Gasteiger partial charge in [0.2, 0.25) is 11.8 Å². The van der Waals surface area contributed by atoms with Crippen molar-refractivity contribution in [3.05, 3.63) is 30.1 Å². The normalized spacial score (nSPS) is 18.4. The lowest BCUT2D eigenvalue weighted by atomic mass is 9.94. The molecule has 1 aromatic heterocycles. The zero-order valence-corrected chi connectivity index (χ0v) is 15.9. The van der Waals surface area contributed by atoms with Gasteiger partial charge in [-0.2, -0.15) is 0 Å². The van der Waals surface area contributed by atoms with Crippen molar-refractivity contribution in [1.29, 1.82) is 0 Å². The first-order chi connectivity index (χ1) is 13.5.